The zero-order chi connectivity index (χ0) is 20.4. The molecular weight excluding hydrogens is 360 g/mol. The molecular formula is C21H26N2O5. The van der Waals surface area contributed by atoms with Gasteiger partial charge in [-0.15, -0.1) is 0 Å². The number of nitrogens with zero attached hydrogens (tertiary/aromatic N) is 1. The van der Waals surface area contributed by atoms with E-state index in [0.717, 1.165) is 11.5 Å². The van der Waals surface area contributed by atoms with Crippen molar-refractivity contribution in [1.29, 1.82) is 0 Å². The minimum Gasteiger partial charge on any atom is -0.497 e. The average Bonchev–Trinajstić information content (AvgIpc) is 2.70. The van der Waals surface area contributed by atoms with Crippen LogP contribution in [-0.4, -0.2) is 45.2 Å². The fourth-order valence-electron chi connectivity index (χ4n) is 2.50. The maximum Gasteiger partial charge on any atom is 0.240 e. The first-order valence-electron chi connectivity index (χ1n) is 9.08. The lowest BCUT2D eigenvalue weighted by Gasteiger charge is -2.21. The minimum absolute atomic E-state index is 0.0636. The van der Waals surface area contributed by atoms with Gasteiger partial charge in [0.05, 0.1) is 20.3 Å². The van der Waals surface area contributed by atoms with Crippen molar-refractivity contribution >= 4 is 17.5 Å². The molecule has 0 aliphatic heterocycles. The lowest BCUT2D eigenvalue weighted by Crippen LogP contribution is -2.41. The van der Waals surface area contributed by atoms with Crippen molar-refractivity contribution in [2.24, 2.45) is 0 Å². The molecule has 0 aliphatic rings. The fraction of sp³-hybridized carbons (Fsp3) is 0.333. The number of carbonyl (C=O) groups is 2. The number of hydrogen-bond donors (Lipinski definition) is 1. The molecule has 0 radical (unpaired) electrons. The summed E-state index contributed by atoms with van der Waals surface area (Å²) < 4.78 is 16.0. The van der Waals surface area contributed by atoms with Crippen LogP contribution in [0.25, 0.3) is 0 Å². The normalized spacial score (nSPS) is 10.1. The lowest BCUT2D eigenvalue weighted by molar-refractivity contribution is -0.123. The Morgan fingerprint density at radius 2 is 1.50 bits per heavy atom. The van der Waals surface area contributed by atoms with E-state index in [1.165, 1.54) is 11.8 Å². The SMILES string of the molecule is CCOc1ccc(N(CC(=O)NCCOc2ccc(OC)cc2)C(C)=O)cc1. The number of amides is 2. The number of rotatable bonds is 10. The van der Waals surface area contributed by atoms with Gasteiger partial charge in [0.2, 0.25) is 11.8 Å². The molecule has 0 aliphatic carbocycles. The Balaban J connectivity index is 1.80. The third-order valence-electron chi connectivity index (χ3n) is 3.89. The Bertz CT molecular complexity index is 759. The molecule has 0 fully saturated rings. The quantitative estimate of drug-likeness (QED) is 0.635. The van der Waals surface area contributed by atoms with Gasteiger partial charge in [0.15, 0.2) is 0 Å². The van der Waals surface area contributed by atoms with Crippen LogP contribution in [0, 0.1) is 0 Å². The molecule has 0 unspecified atom stereocenters. The van der Waals surface area contributed by atoms with Gasteiger partial charge in [-0.2, -0.15) is 0 Å². The highest BCUT2D eigenvalue weighted by Crippen LogP contribution is 2.20. The van der Waals surface area contributed by atoms with Gasteiger partial charge in [-0.1, -0.05) is 0 Å². The minimum atomic E-state index is -0.262. The molecule has 7 nitrogen and oxygen atoms in total. The third-order valence-corrected chi connectivity index (χ3v) is 3.89. The van der Waals surface area contributed by atoms with Crippen molar-refractivity contribution in [3.05, 3.63) is 48.5 Å². The van der Waals surface area contributed by atoms with Gasteiger partial charge in [0.25, 0.3) is 0 Å². The van der Waals surface area contributed by atoms with Crippen molar-refractivity contribution in [2.75, 3.05) is 38.3 Å². The summed E-state index contributed by atoms with van der Waals surface area (Å²) in [7, 11) is 1.60. The predicted octanol–water partition coefficient (Wildman–Crippen LogP) is 2.64. The molecule has 1 N–H and O–H groups in total. The second-order valence-corrected chi connectivity index (χ2v) is 5.91. The van der Waals surface area contributed by atoms with E-state index in [1.54, 1.807) is 55.6 Å². The van der Waals surface area contributed by atoms with E-state index < -0.39 is 0 Å². The molecule has 2 aromatic rings. The molecule has 7 heteroatoms. The fourth-order valence-corrected chi connectivity index (χ4v) is 2.50. The van der Waals surface area contributed by atoms with E-state index >= 15 is 0 Å². The van der Waals surface area contributed by atoms with Crippen molar-refractivity contribution in [3.8, 4) is 17.2 Å². The van der Waals surface area contributed by atoms with Crippen LogP contribution in [0.5, 0.6) is 17.2 Å². The Morgan fingerprint density at radius 1 is 0.929 bits per heavy atom. The Kier molecular flexibility index (Phi) is 8.14. The highest BCUT2D eigenvalue weighted by molar-refractivity contribution is 5.97. The molecule has 2 rings (SSSR count). The Labute approximate surface area is 165 Å². The summed E-state index contributed by atoms with van der Waals surface area (Å²) >= 11 is 0. The van der Waals surface area contributed by atoms with Crippen molar-refractivity contribution in [3.63, 3.8) is 0 Å². The Hall–Kier alpha value is -3.22. The van der Waals surface area contributed by atoms with Crippen LogP contribution in [0.2, 0.25) is 0 Å². The standard InChI is InChI=1S/C21H26N2O5/c1-4-27-19-7-5-17(6-8-19)23(16(2)24)15-21(25)22-13-14-28-20-11-9-18(26-3)10-12-20/h5-12H,4,13-15H2,1-3H3,(H,22,25). The second-order valence-electron chi connectivity index (χ2n) is 5.91. The van der Waals surface area contributed by atoms with E-state index in [-0.39, 0.29) is 18.4 Å². The molecule has 28 heavy (non-hydrogen) atoms. The van der Waals surface area contributed by atoms with Gasteiger partial charge in [-0.3, -0.25) is 9.59 Å². The van der Waals surface area contributed by atoms with E-state index in [4.69, 9.17) is 14.2 Å². The van der Waals surface area contributed by atoms with Crippen LogP contribution >= 0.6 is 0 Å². The van der Waals surface area contributed by atoms with Crippen LogP contribution in [0.1, 0.15) is 13.8 Å². The van der Waals surface area contributed by atoms with Crippen LogP contribution in [0.3, 0.4) is 0 Å². The number of ether oxygens (including phenoxy) is 3. The largest absolute Gasteiger partial charge is 0.497 e. The summed E-state index contributed by atoms with van der Waals surface area (Å²) in [6, 6.07) is 14.3. The molecule has 2 amide bonds. The van der Waals surface area contributed by atoms with Gasteiger partial charge in [0, 0.05) is 12.6 Å². The first-order valence-corrected chi connectivity index (χ1v) is 9.08. The van der Waals surface area contributed by atoms with E-state index in [9.17, 15) is 9.59 Å². The number of methoxy groups -OCH3 is 1. The maximum absolute atomic E-state index is 12.2. The zero-order valence-electron chi connectivity index (χ0n) is 16.4. The average molecular weight is 386 g/mol. The van der Waals surface area contributed by atoms with Crippen LogP contribution in [-0.2, 0) is 9.59 Å². The van der Waals surface area contributed by atoms with Crippen LogP contribution in [0.15, 0.2) is 48.5 Å². The topological polar surface area (TPSA) is 77.1 Å². The van der Waals surface area contributed by atoms with Crippen molar-refractivity contribution in [1.82, 2.24) is 5.32 Å². The predicted molar refractivity (Wildman–Crippen MR) is 107 cm³/mol. The number of carbonyl (C=O) groups excluding carboxylic acids is 2. The number of benzene rings is 2. The van der Waals surface area contributed by atoms with Crippen LogP contribution < -0.4 is 24.4 Å². The monoisotopic (exact) mass is 386 g/mol. The summed E-state index contributed by atoms with van der Waals surface area (Å²) in [6.07, 6.45) is 0. The van der Waals surface area contributed by atoms with Gasteiger partial charge in [-0.05, 0) is 55.5 Å². The number of anilines is 1. The Morgan fingerprint density at radius 3 is 2.07 bits per heavy atom. The summed E-state index contributed by atoms with van der Waals surface area (Å²) in [5.74, 6) is 1.68. The first-order chi connectivity index (χ1) is 13.5. The maximum atomic E-state index is 12.2. The smallest absolute Gasteiger partial charge is 0.240 e. The second kappa shape index (κ2) is 10.8. The third kappa shape index (κ3) is 6.50. The highest BCUT2D eigenvalue weighted by atomic mass is 16.5. The molecule has 0 saturated carbocycles. The van der Waals surface area contributed by atoms with Gasteiger partial charge < -0.3 is 24.4 Å². The van der Waals surface area contributed by atoms with Crippen molar-refractivity contribution in [2.45, 2.75) is 13.8 Å². The van der Waals surface area contributed by atoms with Gasteiger partial charge >= 0.3 is 0 Å². The zero-order valence-corrected chi connectivity index (χ0v) is 16.4. The molecule has 0 bridgehead atoms. The van der Waals surface area contributed by atoms with E-state index in [1.807, 2.05) is 6.92 Å². The van der Waals surface area contributed by atoms with Gasteiger partial charge in [-0.25, -0.2) is 0 Å². The number of hydrogen-bond acceptors (Lipinski definition) is 5. The molecule has 0 aromatic heterocycles. The van der Waals surface area contributed by atoms with E-state index in [0.29, 0.717) is 31.2 Å². The lowest BCUT2D eigenvalue weighted by atomic mass is 10.2. The summed E-state index contributed by atoms with van der Waals surface area (Å²) in [4.78, 5) is 25.5. The van der Waals surface area contributed by atoms with Crippen LogP contribution in [0.4, 0.5) is 5.69 Å². The first kappa shape index (κ1) is 21.1. The summed E-state index contributed by atoms with van der Waals surface area (Å²) in [5, 5.41) is 2.76. The summed E-state index contributed by atoms with van der Waals surface area (Å²) in [6.45, 7) is 4.48. The highest BCUT2D eigenvalue weighted by Gasteiger charge is 2.15. The summed E-state index contributed by atoms with van der Waals surface area (Å²) in [5.41, 5.74) is 0.639. The molecule has 0 heterocycles. The van der Waals surface area contributed by atoms with Gasteiger partial charge in [0.1, 0.15) is 30.4 Å². The molecule has 0 saturated heterocycles. The van der Waals surface area contributed by atoms with Crippen molar-refractivity contribution < 1.29 is 23.8 Å². The molecule has 2 aromatic carbocycles. The molecule has 0 spiro atoms. The number of nitrogens with one attached hydrogen (secondary N) is 1. The molecule has 150 valence electrons. The molecule has 0 atom stereocenters. The van der Waals surface area contributed by atoms with E-state index in [2.05, 4.69) is 5.32 Å².